The molecule has 0 aromatic heterocycles. The molecule has 0 aliphatic heterocycles. The molecular formula is C12H17BrN2O. The number of hydrogen-bond acceptors (Lipinski definition) is 3. The van der Waals surface area contributed by atoms with Crippen molar-refractivity contribution >= 4 is 21.6 Å². The lowest BCUT2D eigenvalue weighted by Crippen LogP contribution is -2.35. The van der Waals surface area contributed by atoms with Crippen LogP contribution in [0.2, 0.25) is 0 Å². The third-order valence-corrected chi connectivity index (χ3v) is 3.80. The molecule has 0 bridgehead atoms. The lowest BCUT2D eigenvalue weighted by molar-refractivity contribution is 0.0601. The Morgan fingerprint density at radius 1 is 1.50 bits per heavy atom. The van der Waals surface area contributed by atoms with Crippen LogP contribution in [-0.4, -0.2) is 23.3 Å². The molecule has 2 unspecified atom stereocenters. The molecule has 0 heterocycles. The van der Waals surface area contributed by atoms with E-state index in [0.717, 1.165) is 23.0 Å². The molecule has 2 rings (SSSR count). The first kappa shape index (κ1) is 11.9. The summed E-state index contributed by atoms with van der Waals surface area (Å²) in [5.74, 6) is 0. The molecule has 1 fully saturated rings. The van der Waals surface area contributed by atoms with Gasteiger partial charge in [-0.05, 0) is 47.3 Å². The third kappa shape index (κ3) is 2.75. The van der Waals surface area contributed by atoms with Crippen molar-refractivity contribution in [2.45, 2.75) is 30.9 Å². The number of halogens is 1. The molecule has 4 heteroatoms. The molecule has 1 saturated carbocycles. The predicted molar refractivity (Wildman–Crippen MR) is 69.4 cm³/mol. The lowest BCUT2D eigenvalue weighted by Gasteiger charge is -2.23. The van der Waals surface area contributed by atoms with Gasteiger partial charge in [0, 0.05) is 22.7 Å². The second kappa shape index (κ2) is 4.73. The summed E-state index contributed by atoms with van der Waals surface area (Å²) in [5, 5.41) is 13.5. The predicted octanol–water partition coefficient (Wildman–Crippen LogP) is 2.10. The largest absolute Gasteiger partial charge is 0.388 e. The molecule has 88 valence electrons. The standard InChI is InChI=1S/C12H17BrN2O/c13-10-3-1-2-4-11(10)15-8-12(16)6-5-9(14)7-12/h1-4,9,15-16H,5-8,14H2. The number of nitrogens with two attached hydrogens (primary N) is 1. The molecule has 3 nitrogen and oxygen atoms in total. The molecular weight excluding hydrogens is 268 g/mol. The van der Waals surface area contributed by atoms with Crippen molar-refractivity contribution in [3.05, 3.63) is 28.7 Å². The summed E-state index contributed by atoms with van der Waals surface area (Å²) in [5.41, 5.74) is 6.18. The van der Waals surface area contributed by atoms with E-state index in [1.807, 2.05) is 24.3 Å². The summed E-state index contributed by atoms with van der Waals surface area (Å²) < 4.78 is 1.01. The van der Waals surface area contributed by atoms with Gasteiger partial charge in [0.25, 0.3) is 0 Å². The Bertz CT molecular complexity index is 372. The average molecular weight is 285 g/mol. The van der Waals surface area contributed by atoms with Gasteiger partial charge in [0.15, 0.2) is 0 Å². The third-order valence-electron chi connectivity index (χ3n) is 3.10. The van der Waals surface area contributed by atoms with Crippen LogP contribution >= 0.6 is 15.9 Å². The molecule has 0 amide bonds. The van der Waals surface area contributed by atoms with E-state index in [9.17, 15) is 5.11 Å². The van der Waals surface area contributed by atoms with Crippen LogP contribution in [0.5, 0.6) is 0 Å². The Morgan fingerprint density at radius 3 is 2.88 bits per heavy atom. The molecule has 1 aliphatic carbocycles. The van der Waals surface area contributed by atoms with Crippen molar-refractivity contribution in [2.24, 2.45) is 5.73 Å². The van der Waals surface area contributed by atoms with Crippen molar-refractivity contribution in [1.82, 2.24) is 0 Å². The van der Waals surface area contributed by atoms with E-state index in [1.54, 1.807) is 0 Å². The molecule has 2 atom stereocenters. The minimum atomic E-state index is -0.644. The fourth-order valence-electron chi connectivity index (χ4n) is 2.17. The molecule has 1 aromatic carbocycles. The van der Waals surface area contributed by atoms with Crippen LogP contribution in [0.25, 0.3) is 0 Å². The monoisotopic (exact) mass is 284 g/mol. The number of benzene rings is 1. The Hall–Kier alpha value is -0.580. The maximum absolute atomic E-state index is 10.3. The van der Waals surface area contributed by atoms with Crippen LogP contribution in [0.15, 0.2) is 28.7 Å². The van der Waals surface area contributed by atoms with E-state index < -0.39 is 5.60 Å². The normalized spacial score (nSPS) is 29.3. The number of rotatable bonds is 3. The molecule has 1 aliphatic rings. The SMILES string of the molecule is NC1CCC(O)(CNc2ccccc2Br)C1. The summed E-state index contributed by atoms with van der Waals surface area (Å²) in [4.78, 5) is 0. The van der Waals surface area contributed by atoms with Crippen molar-refractivity contribution < 1.29 is 5.11 Å². The van der Waals surface area contributed by atoms with Gasteiger partial charge in [-0.1, -0.05) is 12.1 Å². The number of anilines is 1. The quantitative estimate of drug-likeness (QED) is 0.797. The maximum atomic E-state index is 10.3. The fraction of sp³-hybridized carbons (Fsp3) is 0.500. The van der Waals surface area contributed by atoms with E-state index in [0.29, 0.717) is 13.0 Å². The van der Waals surface area contributed by atoms with E-state index in [1.165, 1.54) is 0 Å². The molecule has 0 radical (unpaired) electrons. The highest BCUT2D eigenvalue weighted by atomic mass is 79.9. The van der Waals surface area contributed by atoms with Gasteiger partial charge in [-0.2, -0.15) is 0 Å². The maximum Gasteiger partial charge on any atom is 0.0834 e. The van der Waals surface area contributed by atoms with Gasteiger partial charge in [-0.15, -0.1) is 0 Å². The van der Waals surface area contributed by atoms with Crippen LogP contribution in [0.1, 0.15) is 19.3 Å². The first-order chi connectivity index (χ1) is 7.59. The Morgan fingerprint density at radius 2 is 2.25 bits per heavy atom. The Balaban J connectivity index is 1.95. The summed E-state index contributed by atoms with van der Waals surface area (Å²) in [7, 11) is 0. The van der Waals surface area contributed by atoms with Gasteiger partial charge < -0.3 is 16.2 Å². The topological polar surface area (TPSA) is 58.3 Å². The van der Waals surface area contributed by atoms with Crippen LogP contribution in [-0.2, 0) is 0 Å². The number of nitrogens with one attached hydrogen (secondary N) is 1. The molecule has 1 aromatic rings. The zero-order valence-electron chi connectivity index (χ0n) is 9.12. The highest BCUT2D eigenvalue weighted by Gasteiger charge is 2.35. The highest BCUT2D eigenvalue weighted by Crippen LogP contribution is 2.30. The van der Waals surface area contributed by atoms with Gasteiger partial charge in [0.1, 0.15) is 0 Å². The van der Waals surface area contributed by atoms with Crippen molar-refractivity contribution in [2.75, 3.05) is 11.9 Å². The first-order valence-electron chi connectivity index (χ1n) is 5.55. The summed E-state index contributed by atoms with van der Waals surface area (Å²) in [6.07, 6.45) is 2.38. The Labute approximate surface area is 104 Å². The van der Waals surface area contributed by atoms with Crippen molar-refractivity contribution in [3.63, 3.8) is 0 Å². The minimum Gasteiger partial charge on any atom is -0.388 e. The minimum absolute atomic E-state index is 0.144. The smallest absolute Gasteiger partial charge is 0.0834 e. The van der Waals surface area contributed by atoms with E-state index in [2.05, 4.69) is 21.2 Å². The summed E-state index contributed by atoms with van der Waals surface area (Å²) >= 11 is 3.47. The fourth-order valence-corrected chi connectivity index (χ4v) is 2.60. The molecule has 0 spiro atoms. The van der Waals surface area contributed by atoms with Crippen LogP contribution in [0, 0.1) is 0 Å². The average Bonchev–Trinajstić information content (AvgIpc) is 2.58. The van der Waals surface area contributed by atoms with Gasteiger partial charge in [0.2, 0.25) is 0 Å². The zero-order valence-corrected chi connectivity index (χ0v) is 10.7. The van der Waals surface area contributed by atoms with Gasteiger partial charge in [0.05, 0.1) is 5.60 Å². The Kier molecular flexibility index (Phi) is 3.52. The number of hydrogen-bond donors (Lipinski definition) is 3. The number of para-hydroxylation sites is 1. The molecule has 4 N–H and O–H groups in total. The first-order valence-corrected chi connectivity index (χ1v) is 6.35. The zero-order chi connectivity index (χ0) is 11.6. The van der Waals surface area contributed by atoms with Crippen LogP contribution < -0.4 is 11.1 Å². The van der Waals surface area contributed by atoms with Crippen molar-refractivity contribution in [1.29, 1.82) is 0 Å². The lowest BCUT2D eigenvalue weighted by atomic mass is 10.0. The summed E-state index contributed by atoms with van der Waals surface area (Å²) in [6, 6.07) is 8.05. The second-order valence-electron chi connectivity index (χ2n) is 4.56. The van der Waals surface area contributed by atoms with Gasteiger partial charge in [-0.25, -0.2) is 0 Å². The second-order valence-corrected chi connectivity index (χ2v) is 5.41. The van der Waals surface area contributed by atoms with Crippen LogP contribution in [0.4, 0.5) is 5.69 Å². The van der Waals surface area contributed by atoms with Gasteiger partial charge >= 0.3 is 0 Å². The van der Waals surface area contributed by atoms with Gasteiger partial charge in [-0.3, -0.25) is 0 Å². The highest BCUT2D eigenvalue weighted by molar-refractivity contribution is 9.10. The molecule has 16 heavy (non-hydrogen) atoms. The van der Waals surface area contributed by atoms with Crippen LogP contribution in [0.3, 0.4) is 0 Å². The van der Waals surface area contributed by atoms with E-state index in [-0.39, 0.29) is 6.04 Å². The summed E-state index contributed by atoms with van der Waals surface area (Å²) in [6.45, 7) is 0.559. The van der Waals surface area contributed by atoms with E-state index in [4.69, 9.17) is 5.73 Å². The molecule has 0 saturated heterocycles. The van der Waals surface area contributed by atoms with Crippen molar-refractivity contribution in [3.8, 4) is 0 Å². The van der Waals surface area contributed by atoms with E-state index >= 15 is 0 Å². The number of aliphatic hydroxyl groups is 1.